The summed E-state index contributed by atoms with van der Waals surface area (Å²) in [5.41, 5.74) is 2.02. The fourth-order valence-electron chi connectivity index (χ4n) is 3.80. The van der Waals surface area contributed by atoms with E-state index >= 15 is 0 Å². The second-order valence-corrected chi connectivity index (χ2v) is 9.03. The third-order valence-corrected chi connectivity index (χ3v) is 6.57. The summed E-state index contributed by atoms with van der Waals surface area (Å²) < 4.78 is 11.4. The van der Waals surface area contributed by atoms with Crippen LogP contribution in [0.5, 0.6) is 11.5 Å². The van der Waals surface area contributed by atoms with Crippen LogP contribution in [0, 0.1) is 0 Å². The maximum atomic E-state index is 12.5. The molecule has 0 atom stereocenters. The zero-order valence-electron chi connectivity index (χ0n) is 19.2. The highest BCUT2D eigenvalue weighted by Gasteiger charge is 2.23. The number of ether oxygens (including phenoxy) is 2. The van der Waals surface area contributed by atoms with Crippen molar-refractivity contribution in [3.63, 3.8) is 0 Å². The van der Waals surface area contributed by atoms with E-state index in [-0.39, 0.29) is 11.8 Å². The first-order valence-electron chi connectivity index (χ1n) is 11.3. The van der Waals surface area contributed by atoms with Crippen molar-refractivity contribution >= 4 is 23.2 Å². The highest BCUT2D eigenvalue weighted by atomic mass is 32.1. The first-order chi connectivity index (χ1) is 16.6. The Labute approximate surface area is 203 Å². The Morgan fingerprint density at radius 2 is 1.74 bits per heavy atom. The Morgan fingerprint density at radius 3 is 2.44 bits per heavy atom. The molecule has 0 saturated carbocycles. The molecule has 0 aliphatic carbocycles. The van der Waals surface area contributed by atoms with Crippen LogP contribution in [0.4, 0.5) is 0 Å². The molecule has 0 spiro atoms. The summed E-state index contributed by atoms with van der Waals surface area (Å²) in [6.07, 6.45) is 0. The molecule has 1 aliphatic heterocycles. The van der Waals surface area contributed by atoms with Gasteiger partial charge in [0.25, 0.3) is 5.91 Å². The lowest BCUT2D eigenvalue weighted by molar-refractivity contribution is -0.122. The van der Waals surface area contributed by atoms with Crippen LogP contribution in [0.2, 0.25) is 0 Å². The molecule has 1 fully saturated rings. The number of methoxy groups -OCH3 is 1. The van der Waals surface area contributed by atoms with Crippen molar-refractivity contribution in [1.82, 2.24) is 15.1 Å². The second kappa shape index (κ2) is 11.7. The van der Waals surface area contributed by atoms with Gasteiger partial charge in [0.05, 0.1) is 18.5 Å². The molecule has 1 saturated heterocycles. The summed E-state index contributed by atoms with van der Waals surface area (Å²) in [5, 5.41) is 4.89. The van der Waals surface area contributed by atoms with Gasteiger partial charge in [-0.25, -0.2) is 0 Å². The molecule has 2 heterocycles. The first kappa shape index (κ1) is 23.8. The van der Waals surface area contributed by atoms with Gasteiger partial charge >= 0.3 is 0 Å². The van der Waals surface area contributed by atoms with Crippen molar-refractivity contribution in [2.45, 2.75) is 13.2 Å². The number of rotatable bonds is 9. The van der Waals surface area contributed by atoms with Crippen LogP contribution in [-0.4, -0.2) is 61.4 Å². The predicted molar refractivity (Wildman–Crippen MR) is 132 cm³/mol. The van der Waals surface area contributed by atoms with E-state index in [0.29, 0.717) is 57.4 Å². The van der Waals surface area contributed by atoms with Crippen molar-refractivity contribution in [2.24, 2.45) is 0 Å². The summed E-state index contributed by atoms with van der Waals surface area (Å²) in [6, 6.07) is 19.4. The van der Waals surface area contributed by atoms with E-state index < -0.39 is 0 Å². The quantitative estimate of drug-likeness (QED) is 0.509. The Morgan fingerprint density at radius 1 is 0.941 bits per heavy atom. The van der Waals surface area contributed by atoms with Crippen LogP contribution in [0.1, 0.15) is 20.8 Å². The summed E-state index contributed by atoms with van der Waals surface area (Å²) in [6.45, 7) is 3.82. The maximum Gasteiger partial charge on any atom is 0.264 e. The van der Waals surface area contributed by atoms with Crippen LogP contribution in [-0.2, 0) is 17.9 Å². The number of nitrogens with zero attached hydrogens (tertiary/aromatic N) is 2. The van der Waals surface area contributed by atoms with Gasteiger partial charge in [-0.15, -0.1) is 11.3 Å². The molecule has 0 unspecified atom stereocenters. The highest BCUT2D eigenvalue weighted by Crippen LogP contribution is 2.28. The van der Waals surface area contributed by atoms with E-state index in [1.54, 1.807) is 7.11 Å². The molecule has 2 aromatic carbocycles. The van der Waals surface area contributed by atoms with Crippen LogP contribution in [0.25, 0.3) is 0 Å². The van der Waals surface area contributed by atoms with E-state index in [2.05, 4.69) is 10.2 Å². The molecule has 1 aliphatic rings. The minimum absolute atomic E-state index is 0.0404. The summed E-state index contributed by atoms with van der Waals surface area (Å²) in [5.74, 6) is 1.33. The minimum Gasteiger partial charge on any atom is -0.493 e. The SMILES string of the molecule is COc1cc(CNC(=O)CN2CCN(C(=O)c3cccs3)CC2)ccc1OCc1ccccc1. The van der Waals surface area contributed by atoms with Gasteiger partial charge in [-0.05, 0) is 34.7 Å². The molecule has 4 rings (SSSR count). The van der Waals surface area contributed by atoms with Gasteiger partial charge in [0.15, 0.2) is 11.5 Å². The van der Waals surface area contributed by atoms with E-state index in [1.165, 1.54) is 11.3 Å². The first-order valence-corrected chi connectivity index (χ1v) is 12.2. The van der Waals surface area contributed by atoms with Gasteiger partial charge in [0, 0.05) is 32.7 Å². The standard InChI is InChI=1S/C26H29N3O4S/c1-32-23-16-21(9-10-22(23)33-19-20-6-3-2-4-7-20)17-27-25(30)18-28-11-13-29(14-12-28)26(31)24-8-5-15-34-24/h2-10,15-16H,11-14,17-19H2,1H3,(H,27,30). The molecular formula is C26H29N3O4S. The van der Waals surface area contributed by atoms with Gasteiger partial charge in [-0.3, -0.25) is 14.5 Å². The van der Waals surface area contributed by atoms with Crippen molar-refractivity contribution < 1.29 is 19.1 Å². The normalized spacial score (nSPS) is 14.0. The zero-order valence-corrected chi connectivity index (χ0v) is 20.1. The monoisotopic (exact) mass is 479 g/mol. The summed E-state index contributed by atoms with van der Waals surface area (Å²) in [4.78, 5) is 29.6. The molecule has 8 heteroatoms. The number of carbonyl (C=O) groups is 2. The van der Waals surface area contributed by atoms with Crippen molar-refractivity contribution in [3.05, 3.63) is 82.0 Å². The van der Waals surface area contributed by atoms with Crippen molar-refractivity contribution in [2.75, 3.05) is 39.8 Å². The predicted octanol–water partition coefficient (Wildman–Crippen LogP) is 3.41. The molecule has 1 aromatic heterocycles. The fourth-order valence-corrected chi connectivity index (χ4v) is 4.49. The third-order valence-electron chi connectivity index (χ3n) is 5.71. The smallest absolute Gasteiger partial charge is 0.264 e. The van der Waals surface area contributed by atoms with Crippen molar-refractivity contribution in [3.8, 4) is 11.5 Å². The van der Waals surface area contributed by atoms with E-state index in [4.69, 9.17) is 9.47 Å². The third kappa shape index (κ3) is 6.36. The zero-order chi connectivity index (χ0) is 23.8. The number of piperazine rings is 1. The van der Waals surface area contributed by atoms with Crippen LogP contribution in [0.15, 0.2) is 66.0 Å². The number of nitrogens with one attached hydrogen (secondary N) is 1. The minimum atomic E-state index is -0.0404. The van der Waals surface area contributed by atoms with Gasteiger partial charge in [-0.1, -0.05) is 42.5 Å². The topological polar surface area (TPSA) is 71.1 Å². The molecule has 0 radical (unpaired) electrons. The summed E-state index contributed by atoms with van der Waals surface area (Å²) >= 11 is 1.46. The number of amides is 2. The lowest BCUT2D eigenvalue weighted by atomic mass is 10.2. The maximum absolute atomic E-state index is 12.5. The Kier molecular flexibility index (Phi) is 8.17. The van der Waals surface area contributed by atoms with Crippen LogP contribution >= 0.6 is 11.3 Å². The number of carbonyl (C=O) groups excluding carboxylic acids is 2. The van der Waals surface area contributed by atoms with E-state index in [9.17, 15) is 9.59 Å². The second-order valence-electron chi connectivity index (χ2n) is 8.08. The van der Waals surface area contributed by atoms with Gasteiger partial charge in [0.2, 0.25) is 5.91 Å². The van der Waals surface area contributed by atoms with E-state index in [0.717, 1.165) is 16.0 Å². The molecular weight excluding hydrogens is 450 g/mol. The van der Waals surface area contributed by atoms with Crippen LogP contribution < -0.4 is 14.8 Å². The lowest BCUT2D eigenvalue weighted by Crippen LogP contribution is -2.51. The van der Waals surface area contributed by atoms with Gasteiger partial charge < -0.3 is 19.7 Å². The Bertz CT molecular complexity index is 1080. The van der Waals surface area contributed by atoms with Gasteiger partial charge in [-0.2, -0.15) is 0 Å². The largest absolute Gasteiger partial charge is 0.493 e. The average Bonchev–Trinajstić information content (AvgIpc) is 3.42. The number of hydrogen-bond donors (Lipinski definition) is 1. The number of hydrogen-bond acceptors (Lipinski definition) is 6. The molecule has 2 amide bonds. The molecule has 178 valence electrons. The molecule has 0 bridgehead atoms. The number of thiophene rings is 1. The highest BCUT2D eigenvalue weighted by molar-refractivity contribution is 7.12. The molecule has 34 heavy (non-hydrogen) atoms. The lowest BCUT2D eigenvalue weighted by Gasteiger charge is -2.34. The Balaban J connectivity index is 1.22. The summed E-state index contributed by atoms with van der Waals surface area (Å²) in [7, 11) is 1.61. The molecule has 3 aromatic rings. The van der Waals surface area contributed by atoms with Gasteiger partial charge in [0.1, 0.15) is 6.61 Å². The molecule has 1 N–H and O–H groups in total. The fraction of sp³-hybridized carbons (Fsp3) is 0.308. The van der Waals surface area contributed by atoms with Crippen LogP contribution in [0.3, 0.4) is 0 Å². The van der Waals surface area contributed by atoms with E-state index in [1.807, 2.05) is 70.9 Å². The Hall–Kier alpha value is -3.36. The average molecular weight is 480 g/mol. The molecule has 7 nitrogen and oxygen atoms in total. The van der Waals surface area contributed by atoms with Crippen molar-refractivity contribution in [1.29, 1.82) is 0 Å². The number of benzene rings is 2.